The van der Waals surface area contributed by atoms with Gasteiger partial charge in [-0.1, -0.05) is 42.5 Å². The quantitative estimate of drug-likeness (QED) is 0.362. The maximum atomic E-state index is 12.9. The monoisotopic (exact) mass is 494 g/mol. The van der Waals surface area contributed by atoms with Gasteiger partial charge < -0.3 is 4.90 Å². The van der Waals surface area contributed by atoms with Gasteiger partial charge in [-0.15, -0.1) is 0 Å². The lowest BCUT2D eigenvalue weighted by atomic mass is 10.1. The number of aryl methyl sites for hydroxylation is 2. The van der Waals surface area contributed by atoms with Crippen LogP contribution in [0.25, 0.3) is 16.6 Å². The number of fused-ring (bicyclic) bond motifs is 2. The zero-order chi connectivity index (χ0) is 25.5. The smallest absolute Gasteiger partial charge is 0.291 e. The lowest BCUT2D eigenvalue weighted by Gasteiger charge is -2.19. The van der Waals surface area contributed by atoms with E-state index in [-0.39, 0.29) is 11.7 Å². The van der Waals surface area contributed by atoms with Gasteiger partial charge in [0.25, 0.3) is 5.91 Å². The van der Waals surface area contributed by atoms with E-state index >= 15 is 0 Å². The molecule has 2 fully saturated rings. The molecular weight excluding hydrogens is 467 g/mol. The van der Waals surface area contributed by atoms with Gasteiger partial charge in [0.15, 0.2) is 0 Å². The van der Waals surface area contributed by atoms with Crippen LogP contribution in [-0.2, 0) is 7.05 Å². The number of carbonyl (C=O) groups excluding carboxylic acids is 1. The van der Waals surface area contributed by atoms with Crippen molar-refractivity contribution >= 4 is 16.8 Å². The molecule has 3 atom stereocenters. The Morgan fingerprint density at radius 3 is 2.35 bits per heavy atom. The van der Waals surface area contributed by atoms with Gasteiger partial charge in [0.1, 0.15) is 12.1 Å². The van der Waals surface area contributed by atoms with Crippen molar-refractivity contribution in [1.29, 1.82) is 0 Å². The van der Waals surface area contributed by atoms with E-state index in [1.807, 2.05) is 34.8 Å². The molecule has 1 saturated carbocycles. The second kappa shape index (κ2) is 9.28. The van der Waals surface area contributed by atoms with Crippen LogP contribution in [0.2, 0.25) is 0 Å². The van der Waals surface area contributed by atoms with Crippen molar-refractivity contribution in [2.75, 3.05) is 13.1 Å². The van der Waals surface area contributed by atoms with Crippen LogP contribution >= 0.6 is 0 Å². The van der Waals surface area contributed by atoms with Crippen molar-refractivity contribution in [3.63, 3.8) is 0 Å². The fourth-order valence-electron chi connectivity index (χ4n) is 5.41. The minimum absolute atomic E-state index is 0.00371. The largest absolute Gasteiger partial charge is 0.335 e. The molecule has 7 nitrogen and oxygen atoms in total. The van der Waals surface area contributed by atoms with Crippen LogP contribution in [-0.4, -0.2) is 48.4 Å². The first-order valence-electron chi connectivity index (χ1n) is 12.4. The van der Waals surface area contributed by atoms with Crippen LogP contribution in [0, 0.1) is 24.6 Å². The molecule has 0 N–H and O–H groups in total. The minimum atomic E-state index is -0.235. The molecule has 0 spiro atoms. The van der Waals surface area contributed by atoms with Gasteiger partial charge in [-0.25, -0.2) is 18.7 Å². The third-order valence-electron chi connectivity index (χ3n) is 7.37. The molecule has 7 rings (SSSR count). The highest BCUT2D eigenvalue weighted by Crippen LogP contribution is 2.58. The zero-order valence-corrected chi connectivity index (χ0v) is 20.7. The Balaban J connectivity index is 0.000000138. The third kappa shape index (κ3) is 4.39. The second-order valence-corrected chi connectivity index (χ2v) is 9.78. The first-order valence-corrected chi connectivity index (χ1v) is 12.4. The van der Waals surface area contributed by atoms with E-state index in [4.69, 9.17) is 0 Å². The number of piperidine rings is 1. The molecule has 0 radical (unpaired) electrons. The number of hydrogen-bond donors (Lipinski definition) is 0. The standard InChI is InChI=1S/C15H16N4O.C14H11FN2/c1-18-14(16-9-17-18)15(20)19-7-11-12(8-19)13(11)10-5-3-2-4-6-10;1-10-2-3-11-9-16-17(14(11)8-10)13-6-4-12(15)5-7-13/h2-6,9,11-13H,7-8H2,1H3;2-9H,1H3/t11-,12?,13?;/m0./s1. The molecule has 2 aliphatic rings. The van der Waals surface area contributed by atoms with Gasteiger partial charge in [0.2, 0.25) is 5.82 Å². The molecule has 0 bridgehead atoms. The van der Waals surface area contributed by atoms with Crippen LogP contribution in [0.3, 0.4) is 0 Å². The summed E-state index contributed by atoms with van der Waals surface area (Å²) in [6.45, 7) is 3.73. The Morgan fingerprint density at radius 1 is 0.946 bits per heavy atom. The summed E-state index contributed by atoms with van der Waals surface area (Å²) >= 11 is 0. The van der Waals surface area contributed by atoms with Crippen molar-refractivity contribution in [3.8, 4) is 5.69 Å². The summed E-state index contributed by atoms with van der Waals surface area (Å²) in [5, 5.41) is 9.37. The number of amides is 1. The van der Waals surface area contributed by atoms with Crippen molar-refractivity contribution in [1.82, 2.24) is 29.4 Å². The van der Waals surface area contributed by atoms with Gasteiger partial charge in [-0.3, -0.25) is 4.79 Å². The molecule has 8 heteroatoms. The fourth-order valence-corrected chi connectivity index (χ4v) is 5.41. The predicted molar refractivity (Wildman–Crippen MR) is 139 cm³/mol. The first-order chi connectivity index (χ1) is 18.0. The summed E-state index contributed by atoms with van der Waals surface area (Å²) in [5.41, 5.74) is 4.50. The highest BCUT2D eigenvalue weighted by atomic mass is 19.1. The van der Waals surface area contributed by atoms with Gasteiger partial charge in [-0.2, -0.15) is 10.2 Å². The van der Waals surface area contributed by atoms with Gasteiger partial charge in [0, 0.05) is 25.5 Å². The molecule has 1 aliphatic heterocycles. The summed E-state index contributed by atoms with van der Waals surface area (Å²) in [4.78, 5) is 18.3. The van der Waals surface area contributed by atoms with Gasteiger partial charge >= 0.3 is 0 Å². The number of hydrogen-bond acceptors (Lipinski definition) is 4. The Bertz CT molecular complexity index is 1550. The molecule has 3 heterocycles. The average molecular weight is 495 g/mol. The van der Waals surface area contributed by atoms with E-state index in [0.717, 1.165) is 29.7 Å². The summed E-state index contributed by atoms with van der Waals surface area (Å²) in [6, 6.07) is 23.1. The molecule has 2 aromatic heterocycles. The van der Waals surface area contributed by atoms with E-state index in [9.17, 15) is 9.18 Å². The Kier molecular flexibility index (Phi) is 5.79. The van der Waals surface area contributed by atoms with Crippen molar-refractivity contribution in [2.24, 2.45) is 18.9 Å². The summed E-state index contributed by atoms with van der Waals surface area (Å²) in [6.07, 6.45) is 3.24. The number of benzene rings is 3. The topological polar surface area (TPSA) is 68.8 Å². The van der Waals surface area contributed by atoms with Crippen LogP contribution in [0.1, 0.15) is 27.7 Å². The molecule has 1 saturated heterocycles. The Morgan fingerprint density at radius 2 is 1.68 bits per heavy atom. The summed E-state index contributed by atoms with van der Waals surface area (Å²) < 4.78 is 16.2. The number of nitrogens with zero attached hydrogens (tertiary/aromatic N) is 6. The summed E-state index contributed by atoms with van der Waals surface area (Å²) in [5.74, 6) is 2.08. The van der Waals surface area contributed by atoms with E-state index in [0.29, 0.717) is 23.6 Å². The molecule has 5 aromatic rings. The lowest BCUT2D eigenvalue weighted by molar-refractivity contribution is 0.0755. The van der Waals surface area contributed by atoms with Crippen molar-refractivity contribution in [3.05, 3.63) is 108 Å². The van der Waals surface area contributed by atoms with E-state index in [1.54, 1.807) is 23.9 Å². The highest BCUT2D eigenvalue weighted by Gasteiger charge is 2.57. The summed E-state index contributed by atoms with van der Waals surface area (Å²) in [7, 11) is 1.75. The maximum absolute atomic E-state index is 12.9. The normalized spacial score (nSPS) is 19.9. The molecule has 1 amide bonds. The Hall–Kier alpha value is -4.33. The van der Waals surface area contributed by atoms with Gasteiger partial charge in [-0.05, 0) is 66.1 Å². The molecule has 37 heavy (non-hydrogen) atoms. The third-order valence-corrected chi connectivity index (χ3v) is 7.37. The molecular formula is C29H27FN6O. The van der Waals surface area contributed by atoms with E-state index in [1.165, 1.54) is 29.6 Å². The number of rotatable bonds is 3. The maximum Gasteiger partial charge on any atom is 0.291 e. The number of carbonyl (C=O) groups is 1. The SMILES string of the molecule is Cc1ccc2cnn(-c3ccc(F)cc3)c2c1.Cn1ncnc1C(=O)N1CC2C(c3ccccc3)[C@H]2C1. The predicted octanol–water partition coefficient (Wildman–Crippen LogP) is 4.77. The van der Waals surface area contributed by atoms with Gasteiger partial charge in [0.05, 0.1) is 17.4 Å². The molecule has 186 valence electrons. The van der Waals surface area contributed by atoms with Crippen LogP contribution in [0.5, 0.6) is 0 Å². The van der Waals surface area contributed by atoms with Crippen LogP contribution in [0.15, 0.2) is 85.3 Å². The highest BCUT2D eigenvalue weighted by molar-refractivity contribution is 5.91. The molecule has 1 aliphatic carbocycles. The lowest BCUT2D eigenvalue weighted by Crippen LogP contribution is -2.33. The van der Waals surface area contributed by atoms with E-state index in [2.05, 4.69) is 51.6 Å². The fraction of sp³-hybridized carbons (Fsp3) is 0.241. The number of aromatic nitrogens is 5. The second-order valence-electron chi connectivity index (χ2n) is 9.78. The van der Waals surface area contributed by atoms with E-state index < -0.39 is 0 Å². The molecule has 3 aromatic carbocycles. The zero-order valence-electron chi connectivity index (χ0n) is 20.7. The van der Waals surface area contributed by atoms with Crippen LogP contribution in [0.4, 0.5) is 4.39 Å². The first kappa shape index (κ1) is 23.1. The average Bonchev–Trinajstić information content (AvgIpc) is 3.30. The van der Waals surface area contributed by atoms with Crippen LogP contribution < -0.4 is 0 Å². The van der Waals surface area contributed by atoms with Crippen molar-refractivity contribution in [2.45, 2.75) is 12.8 Å². The minimum Gasteiger partial charge on any atom is -0.335 e. The van der Waals surface area contributed by atoms with Crippen molar-refractivity contribution < 1.29 is 9.18 Å². The molecule has 2 unspecified atom stereocenters. The Labute approximate surface area is 214 Å². The number of likely N-dealkylation sites (tertiary alicyclic amines) is 1. The number of halogens is 1.